The molecule has 3 N–H and O–H groups in total. The molecule has 1 amide bonds. The predicted molar refractivity (Wildman–Crippen MR) is 72.9 cm³/mol. The Kier molecular flexibility index (Phi) is 5.80. The number of aromatic carboxylic acids is 1. The van der Waals surface area contributed by atoms with E-state index >= 15 is 0 Å². The molecule has 0 heterocycles. The van der Waals surface area contributed by atoms with Gasteiger partial charge in [-0.05, 0) is 31.2 Å². The van der Waals surface area contributed by atoms with Crippen LogP contribution in [0.15, 0.2) is 22.7 Å². The number of amides is 1. The molecule has 1 aromatic rings. The highest BCUT2D eigenvalue weighted by Gasteiger charge is 2.12. The number of benzene rings is 1. The van der Waals surface area contributed by atoms with Crippen LogP contribution in [0.25, 0.3) is 0 Å². The standard InChI is InChI=1S/C12H15BrN2O3/c1-2-5-14-7-11(16)15-10-4-3-8(13)6-9(10)12(17)18/h3-4,6,14H,2,5,7H2,1H3,(H,15,16)(H,17,18). The van der Waals surface area contributed by atoms with Crippen molar-refractivity contribution in [2.45, 2.75) is 13.3 Å². The number of carboxylic acid groups (broad SMARTS) is 1. The average Bonchev–Trinajstić information content (AvgIpc) is 2.31. The number of hydrogen-bond acceptors (Lipinski definition) is 3. The van der Waals surface area contributed by atoms with E-state index in [1.54, 1.807) is 12.1 Å². The fourth-order valence-electron chi connectivity index (χ4n) is 1.38. The van der Waals surface area contributed by atoms with Crippen molar-refractivity contribution < 1.29 is 14.7 Å². The SMILES string of the molecule is CCCNCC(=O)Nc1ccc(Br)cc1C(=O)O. The van der Waals surface area contributed by atoms with Gasteiger partial charge in [0.15, 0.2) is 0 Å². The second-order valence-corrected chi connectivity index (χ2v) is 4.64. The lowest BCUT2D eigenvalue weighted by molar-refractivity contribution is -0.115. The van der Waals surface area contributed by atoms with Crippen molar-refractivity contribution in [3.05, 3.63) is 28.2 Å². The van der Waals surface area contributed by atoms with Gasteiger partial charge in [-0.1, -0.05) is 22.9 Å². The molecule has 0 saturated carbocycles. The van der Waals surface area contributed by atoms with E-state index in [0.717, 1.165) is 13.0 Å². The Labute approximate surface area is 114 Å². The third-order valence-electron chi connectivity index (χ3n) is 2.20. The third kappa shape index (κ3) is 4.46. The second-order valence-electron chi connectivity index (χ2n) is 3.72. The van der Waals surface area contributed by atoms with E-state index in [4.69, 9.17) is 5.11 Å². The fourth-order valence-corrected chi connectivity index (χ4v) is 1.74. The van der Waals surface area contributed by atoms with Crippen molar-refractivity contribution in [3.63, 3.8) is 0 Å². The lowest BCUT2D eigenvalue weighted by atomic mass is 10.2. The molecular weight excluding hydrogens is 300 g/mol. The van der Waals surface area contributed by atoms with Crippen molar-refractivity contribution in [1.82, 2.24) is 5.32 Å². The summed E-state index contributed by atoms with van der Waals surface area (Å²) in [5.74, 6) is -1.33. The Morgan fingerprint density at radius 2 is 2.11 bits per heavy atom. The van der Waals surface area contributed by atoms with Gasteiger partial charge in [-0.15, -0.1) is 0 Å². The molecule has 0 aliphatic rings. The first-order valence-corrected chi connectivity index (χ1v) is 6.37. The number of carbonyl (C=O) groups excluding carboxylic acids is 1. The van der Waals surface area contributed by atoms with Gasteiger partial charge in [-0.2, -0.15) is 0 Å². The molecule has 0 spiro atoms. The van der Waals surface area contributed by atoms with Crippen LogP contribution >= 0.6 is 15.9 Å². The number of carboxylic acids is 1. The molecule has 18 heavy (non-hydrogen) atoms. The minimum Gasteiger partial charge on any atom is -0.478 e. The van der Waals surface area contributed by atoms with E-state index in [-0.39, 0.29) is 18.0 Å². The number of carbonyl (C=O) groups is 2. The molecule has 0 unspecified atom stereocenters. The highest BCUT2D eigenvalue weighted by molar-refractivity contribution is 9.10. The van der Waals surface area contributed by atoms with Crippen LogP contribution in [0.2, 0.25) is 0 Å². The molecule has 0 aromatic heterocycles. The van der Waals surface area contributed by atoms with Crippen molar-refractivity contribution in [2.75, 3.05) is 18.4 Å². The van der Waals surface area contributed by atoms with Gasteiger partial charge in [-0.25, -0.2) is 4.79 Å². The molecule has 5 nitrogen and oxygen atoms in total. The maximum atomic E-state index is 11.6. The minimum absolute atomic E-state index is 0.0632. The fraction of sp³-hybridized carbons (Fsp3) is 0.333. The van der Waals surface area contributed by atoms with Crippen LogP contribution < -0.4 is 10.6 Å². The molecule has 1 aromatic carbocycles. The zero-order valence-electron chi connectivity index (χ0n) is 10.00. The first-order chi connectivity index (χ1) is 8.54. The lowest BCUT2D eigenvalue weighted by Gasteiger charge is -2.09. The summed E-state index contributed by atoms with van der Waals surface area (Å²) < 4.78 is 0.655. The van der Waals surface area contributed by atoms with Gasteiger partial charge < -0.3 is 15.7 Å². The summed E-state index contributed by atoms with van der Waals surface area (Å²) in [5.41, 5.74) is 0.363. The van der Waals surface area contributed by atoms with Gasteiger partial charge in [0.2, 0.25) is 5.91 Å². The minimum atomic E-state index is -1.08. The summed E-state index contributed by atoms with van der Waals surface area (Å²) in [7, 11) is 0. The van der Waals surface area contributed by atoms with Crippen molar-refractivity contribution in [3.8, 4) is 0 Å². The summed E-state index contributed by atoms with van der Waals surface area (Å²) in [4.78, 5) is 22.6. The van der Waals surface area contributed by atoms with E-state index in [2.05, 4.69) is 26.6 Å². The van der Waals surface area contributed by atoms with E-state index < -0.39 is 5.97 Å². The van der Waals surface area contributed by atoms with E-state index in [0.29, 0.717) is 10.2 Å². The van der Waals surface area contributed by atoms with Gasteiger partial charge in [0.25, 0.3) is 0 Å². The molecular formula is C12H15BrN2O3. The van der Waals surface area contributed by atoms with Crippen molar-refractivity contribution >= 4 is 33.5 Å². The van der Waals surface area contributed by atoms with Crippen LogP contribution in [-0.2, 0) is 4.79 Å². The van der Waals surface area contributed by atoms with E-state index in [1.165, 1.54) is 6.07 Å². The van der Waals surface area contributed by atoms with Gasteiger partial charge in [0.1, 0.15) is 0 Å². The largest absolute Gasteiger partial charge is 0.478 e. The first-order valence-electron chi connectivity index (χ1n) is 5.58. The Morgan fingerprint density at radius 1 is 1.39 bits per heavy atom. The van der Waals surface area contributed by atoms with Crippen molar-refractivity contribution in [2.24, 2.45) is 0 Å². The van der Waals surface area contributed by atoms with Crippen LogP contribution in [0.4, 0.5) is 5.69 Å². The van der Waals surface area contributed by atoms with Crippen LogP contribution in [0.3, 0.4) is 0 Å². The number of halogens is 1. The number of hydrogen-bond donors (Lipinski definition) is 3. The predicted octanol–water partition coefficient (Wildman–Crippen LogP) is 2.09. The molecule has 1 rings (SSSR count). The quantitative estimate of drug-likeness (QED) is 0.702. The van der Waals surface area contributed by atoms with Crippen molar-refractivity contribution in [1.29, 1.82) is 0 Å². The molecule has 0 atom stereocenters. The maximum Gasteiger partial charge on any atom is 0.337 e. The summed E-state index contributed by atoms with van der Waals surface area (Å²) in [6.45, 7) is 2.92. The second kappa shape index (κ2) is 7.13. The monoisotopic (exact) mass is 314 g/mol. The summed E-state index contributed by atoms with van der Waals surface area (Å²) in [5, 5.41) is 14.6. The average molecular weight is 315 g/mol. The van der Waals surface area contributed by atoms with Crippen LogP contribution in [-0.4, -0.2) is 30.1 Å². The molecule has 0 fully saturated rings. The van der Waals surface area contributed by atoms with Crippen LogP contribution in [0.5, 0.6) is 0 Å². The Balaban J connectivity index is 2.72. The molecule has 98 valence electrons. The molecule has 0 saturated heterocycles. The molecule has 0 bridgehead atoms. The first kappa shape index (κ1) is 14.7. The van der Waals surface area contributed by atoms with Gasteiger partial charge in [0.05, 0.1) is 17.8 Å². The highest BCUT2D eigenvalue weighted by Crippen LogP contribution is 2.20. The molecule has 0 radical (unpaired) electrons. The molecule has 0 aliphatic heterocycles. The highest BCUT2D eigenvalue weighted by atomic mass is 79.9. The lowest BCUT2D eigenvalue weighted by Crippen LogP contribution is -2.29. The smallest absolute Gasteiger partial charge is 0.337 e. The van der Waals surface area contributed by atoms with E-state index in [9.17, 15) is 9.59 Å². The zero-order valence-corrected chi connectivity index (χ0v) is 11.6. The topological polar surface area (TPSA) is 78.4 Å². The summed E-state index contributed by atoms with van der Waals surface area (Å²) in [6, 6.07) is 4.70. The maximum absolute atomic E-state index is 11.6. The summed E-state index contributed by atoms with van der Waals surface area (Å²) in [6.07, 6.45) is 0.936. The number of anilines is 1. The van der Waals surface area contributed by atoms with E-state index in [1.807, 2.05) is 6.92 Å². The summed E-state index contributed by atoms with van der Waals surface area (Å²) >= 11 is 3.19. The Hall–Kier alpha value is -1.40. The third-order valence-corrected chi connectivity index (χ3v) is 2.69. The van der Waals surface area contributed by atoms with Crippen LogP contribution in [0.1, 0.15) is 23.7 Å². The van der Waals surface area contributed by atoms with Crippen LogP contribution in [0, 0.1) is 0 Å². The Bertz CT molecular complexity index is 449. The van der Waals surface area contributed by atoms with Gasteiger partial charge in [-0.3, -0.25) is 4.79 Å². The number of nitrogens with one attached hydrogen (secondary N) is 2. The number of rotatable bonds is 6. The Morgan fingerprint density at radius 3 is 2.72 bits per heavy atom. The van der Waals surface area contributed by atoms with Gasteiger partial charge >= 0.3 is 5.97 Å². The molecule has 6 heteroatoms. The molecule has 0 aliphatic carbocycles. The normalized spacial score (nSPS) is 10.1. The zero-order chi connectivity index (χ0) is 13.5. The van der Waals surface area contributed by atoms with Gasteiger partial charge in [0, 0.05) is 4.47 Å².